The Hall–Kier alpha value is -3.00. The number of rotatable bonds is 10. The molecule has 0 radical (unpaired) electrons. The molecule has 0 saturated heterocycles. The van der Waals surface area contributed by atoms with Gasteiger partial charge in [0.25, 0.3) is 5.91 Å². The molecule has 0 unspecified atom stereocenters. The molecule has 3 rings (SSSR count). The summed E-state index contributed by atoms with van der Waals surface area (Å²) >= 11 is 0. The second-order valence-electron chi connectivity index (χ2n) is 7.45. The standard InChI is InChI=1S/C25H28N2O4S/c1-19-13-14-22(32(29,30)27-15-16-31-2)17-23(19)25(28)26-18-24(20-9-5-3-6-10-20)21-11-7-4-8-12-21/h3-14,17,24,27H,15-16,18H2,1-2H3,(H,26,28). The largest absolute Gasteiger partial charge is 0.383 e. The van der Waals surface area contributed by atoms with Crippen LogP contribution in [0.2, 0.25) is 0 Å². The zero-order chi connectivity index (χ0) is 23.0. The Balaban J connectivity index is 1.80. The Morgan fingerprint density at radius 3 is 2.09 bits per heavy atom. The molecule has 0 aliphatic rings. The van der Waals surface area contributed by atoms with Crippen molar-refractivity contribution in [1.82, 2.24) is 10.0 Å². The number of carbonyl (C=O) groups is 1. The first-order valence-electron chi connectivity index (χ1n) is 10.4. The van der Waals surface area contributed by atoms with Crippen LogP contribution in [0.15, 0.2) is 83.8 Å². The molecular weight excluding hydrogens is 424 g/mol. The van der Waals surface area contributed by atoms with Crippen molar-refractivity contribution in [3.05, 3.63) is 101 Å². The lowest BCUT2D eigenvalue weighted by Gasteiger charge is -2.19. The summed E-state index contributed by atoms with van der Waals surface area (Å²) in [5, 5.41) is 2.99. The zero-order valence-electron chi connectivity index (χ0n) is 18.2. The Morgan fingerprint density at radius 1 is 0.938 bits per heavy atom. The molecular formula is C25H28N2O4S. The van der Waals surface area contributed by atoms with E-state index < -0.39 is 10.0 Å². The summed E-state index contributed by atoms with van der Waals surface area (Å²) in [6.45, 7) is 2.59. The van der Waals surface area contributed by atoms with Crippen LogP contribution in [0.1, 0.15) is 33.0 Å². The molecule has 6 nitrogen and oxygen atoms in total. The van der Waals surface area contributed by atoms with Crippen LogP contribution >= 0.6 is 0 Å². The van der Waals surface area contributed by atoms with Gasteiger partial charge < -0.3 is 10.1 Å². The quantitative estimate of drug-likeness (QED) is 0.461. The SMILES string of the molecule is COCCNS(=O)(=O)c1ccc(C)c(C(=O)NCC(c2ccccc2)c2ccccc2)c1. The van der Waals surface area contributed by atoms with E-state index in [0.717, 1.165) is 11.1 Å². The average Bonchev–Trinajstić information content (AvgIpc) is 2.81. The van der Waals surface area contributed by atoms with Crippen molar-refractivity contribution >= 4 is 15.9 Å². The molecule has 2 N–H and O–H groups in total. The van der Waals surface area contributed by atoms with E-state index in [4.69, 9.17) is 4.74 Å². The van der Waals surface area contributed by atoms with Gasteiger partial charge in [0.1, 0.15) is 0 Å². The van der Waals surface area contributed by atoms with Crippen LogP contribution in [0.25, 0.3) is 0 Å². The Bertz CT molecular complexity index is 1090. The minimum atomic E-state index is -3.73. The van der Waals surface area contributed by atoms with Gasteiger partial charge in [-0.05, 0) is 35.7 Å². The lowest BCUT2D eigenvalue weighted by molar-refractivity contribution is 0.0951. The van der Waals surface area contributed by atoms with E-state index >= 15 is 0 Å². The van der Waals surface area contributed by atoms with Gasteiger partial charge in [-0.15, -0.1) is 0 Å². The summed E-state index contributed by atoms with van der Waals surface area (Å²) in [6, 6.07) is 24.5. The van der Waals surface area contributed by atoms with Gasteiger partial charge in [0.05, 0.1) is 11.5 Å². The monoisotopic (exact) mass is 452 g/mol. The Labute approximate surface area is 189 Å². The number of amides is 1. The second kappa shape index (κ2) is 11.0. The van der Waals surface area contributed by atoms with Crippen LogP contribution < -0.4 is 10.0 Å². The summed E-state index contributed by atoms with van der Waals surface area (Å²) in [6.07, 6.45) is 0. The van der Waals surface area contributed by atoms with Crippen molar-refractivity contribution in [2.24, 2.45) is 0 Å². The maximum atomic E-state index is 13.0. The molecule has 0 aliphatic heterocycles. The van der Waals surface area contributed by atoms with Gasteiger partial charge in [0.2, 0.25) is 10.0 Å². The minimum Gasteiger partial charge on any atom is -0.383 e. The molecule has 0 fully saturated rings. The van der Waals surface area contributed by atoms with Crippen molar-refractivity contribution in [3.8, 4) is 0 Å². The number of hydrogen-bond acceptors (Lipinski definition) is 4. The number of sulfonamides is 1. The Morgan fingerprint density at radius 2 is 1.53 bits per heavy atom. The zero-order valence-corrected chi connectivity index (χ0v) is 19.1. The summed E-state index contributed by atoms with van der Waals surface area (Å²) in [5.74, 6) is -0.336. The third-order valence-electron chi connectivity index (χ3n) is 5.23. The van der Waals surface area contributed by atoms with Crippen molar-refractivity contribution in [2.75, 3.05) is 26.8 Å². The number of methoxy groups -OCH3 is 1. The number of ether oxygens (including phenoxy) is 1. The summed E-state index contributed by atoms with van der Waals surface area (Å²) < 4.78 is 32.4. The number of nitrogens with one attached hydrogen (secondary N) is 2. The van der Waals surface area contributed by atoms with Gasteiger partial charge in [-0.1, -0.05) is 66.7 Å². The van der Waals surface area contributed by atoms with Gasteiger partial charge in [0, 0.05) is 31.7 Å². The molecule has 168 valence electrons. The van der Waals surface area contributed by atoms with Crippen LogP contribution in [0.3, 0.4) is 0 Å². The van der Waals surface area contributed by atoms with Gasteiger partial charge in [-0.2, -0.15) is 0 Å². The highest BCUT2D eigenvalue weighted by Gasteiger charge is 2.20. The van der Waals surface area contributed by atoms with Gasteiger partial charge in [-0.25, -0.2) is 13.1 Å². The smallest absolute Gasteiger partial charge is 0.251 e. The molecule has 0 spiro atoms. The van der Waals surface area contributed by atoms with E-state index in [2.05, 4.69) is 10.0 Å². The van der Waals surface area contributed by atoms with Gasteiger partial charge in [0.15, 0.2) is 0 Å². The normalized spacial score (nSPS) is 11.5. The first-order valence-corrected chi connectivity index (χ1v) is 11.9. The van der Waals surface area contributed by atoms with Crippen molar-refractivity contribution in [1.29, 1.82) is 0 Å². The lowest BCUT2D eigenvalue weighted by atomic mass is 9.91. The maximum absolute atomic E-state index is 13.0. The minimum absolute atomic E-state index is 0.0238. The molecule has 0 aromatic heterocycles. The predicted molar refractivity (Wildman–Crippen MR) is 125 cm³/mol. The topological polar surface area (TPSA) is 84.5 Å². The number of hydrogen-bond donors (Lipinski definition) is 2. The van der Waals surface area contributed by atoms with Crippen LogP contribution in [0.4, 0.5) is 0 Å². The van der Waals surface area contributed by atoms with Crippen molar-refractivity contribution in [3.63, 3.8) is 0 Å². The van der Waals surface area contributed by atoms with E-state index in [1.807, 2.05) is 60.7 Å². The number of carbonyl (C=O) groups excluding carboxylic acids is 1. The first kappa shape index (κ1) is 23.7. The fourth-order valence-electron chi connectivity index (χ4n) is 3.46. The first-order chi connectivity index (χ1) is 15.4. The van der Waals surface area contributed by atoms with Gasteiger partial charge >= 0.3 is 0 Å². The van der Waals surface area contributed by atoms with Gasteiger partial charge in [-0.3, -0.25) is 4.79 Å². The fourth-order valence-corrected chi connectivity index (χ4v) is 4.50. The molecule has 0 heterocycles. The van der Waals surface area contributed by atoms with E-state index in [9.17, 15) is 13.2 Å². The van der Waals surface area contributed by atoms with Crippen molar-refractivity contribution in [2.45, 2.75) is 17.7 Å². The van der Waals surface area contributed by atoms with E-state index in [-0.39, 0.29) is 29.9 Å². The third-order valence-corrected chi connectivity index (χ3v) is 6.69. The molecule has 0 atom stereocenters. The van der Waals surface area contributed by atoms with E-state index in [0.29, 0.717) is 17.7 Å². The van der Waals surface area contributed by atoms with Crippen LogP contribution in [0.5, 0.6) is 0 Å². The molecule has 0 aliphatic carbocycles. The lowest BCUT2D eigenvalue weighted by Crippen LogP contribution is -2.30. The average molecular weight is 453 g/mol. The summed E-state index contributed by atoms with van der Waals surface area (Å²) in [4.78, 5) is 13.1. The van der Waals surface area contributed by atoms with Crippen molar-refractivity contribution < 1.29 is 17.9 Å². The molecule has 1 amide bonds. The van der Waals surface area contributed by atoms with Crippen LogP contribution in [-0.4, -0.2) is 41.1 Å². The highest BCUT2D eigenvalue weighted by Crippen LogP contribution is 2.24. The van der Waals surface area contributed by atoms with Crippen LogP contribution in [0, 0.1) is 6.92 Å². The molecule has 3 aromatic rings. The molecule has 32 heavy (non-hydrogen) atoms. The molecule has 0 saturated carbocycles. The van der Waals surface area contributed by atoms with E-state index in [1.54, 1.807) is 13.0 Å². The number of aryl methyl sites for hydroxylation is 1. The second-order valence-corrected chi connectivity index (χ2v) is 9.22. The number of benzene rings is 3. The molecule has 7 heteroatoms. The summed E-state index contributed by atoms with van der Waals surface area (Å²) in [5.41, 5.74) is 3.22. The molecule has 0 bridgehead atoms. The summed E-state index contributed by atoms with van der Waals surface area (Å²) in [7, 11) is -2.23. The van der Waals surface area contributed by atoms with Crippen LogP contribution in [-0.2, 0) is 14.8 Å². The Kier molecular flexibility index (Phi) is 8.16. The van der Waals surface area contributed by atoms with E-state index in [1.165, 1.54) is 19.2 Å². The maximum Gasteiger partial charge on any atom is 0.251 e. The molecule has 3 aromatic carbocycles. The highest BCUT2D eigenvalue weighted by atomic mass is 32.2. The third kappa shape index (κ3) is 6.03. The predicted octanol–water partition coefficient (Wildman–Crippen LogP) is 3.48. The fraction of sp³-hybridized carbons (Fsp3) is 0.240. The highest BCUT2D eigenvalue weighted by molar-refractivity contribution is 7.89.